The van der Waals surface area contributed by atoms with Gasteiger partial charge < -0.3 is 33.2 Å². The van der Waals surface area contributed by atoms with Gasteiger partial charge in [0.05, 0.1) is 30.9 Å². The highest BCUT2D eigenvalue weighted by Gasteiger charge is 2.51. The van der Waals surface area contributed by atoms with Gasteiger partial charge in [-0.3, -0.25) is 4.79 Å². The predicted molar refractivity (Wildman–Crippen MR) is 206 cm³/mol. The van der Waals surface area contributed by atoms with Crippen molar-refractivity contribution in [1.29, 1.82) is 0 Å². The molecule has 0 unspecified atom stereocenters. The van der Waals surface area contributed by atoms with Crippen molar-refractivity contribution in [2.24, 2.45) is 0 Å². The first-order chi connectivity index (χ1) is 27.0. The second-order valence-corrected chi connectivity index (χ2v) is 13.3. The van der Waals surface area contributed by atoms with E-state index in [-0.39, 0.29) is 25.8 Å². The Bertz CT molecular complexity index is 1690. The molecule has 10 heteroatoms. The third-order valence-corrected chi connectivity index (χ3v) is 9.17. The number of hydrogen-bond acceptors (Lipinski definition) is 10. The molecule has 1 fully saturated rings. The minimum atomic E-state index is -1.05. The van der Waals surface area contributed by atoms with Crippen LogP contribution in [0.2, 0.25) is 0 Å². The lowest BCUT2D eigenvalue weighted by molar-refractivity contribution is -0.318. The topological polar surface area (TPSA) is 116 Å². The molecule has 0 aromatic heterocycles. The third kappa shape index (κ3) is 13.7. The van der Waals surface area contributed by atoms with Gasteiger partial charge >= 0.3 is 17.9 Å². The summed E-state index contributed by atoms with van der Waals surface area (Å²) in [5, 5.41) is 0. The average molecular weight is 753 g/mol. The van der Waals surface area contributed by atoms with Gasteiger partial charge in [-0.2, -0.15) is 0 Å². The molecule has 5 rings (SSSR count). The van der Waals surface area contributed by atoms with E-state index in [4.69, 9.17) is 33.2 Å². The zero-order valence-electron chi connectivity index (χ0n) is 31.5. The molecule has 0 saturated carbocycles. The summed E-state index contributed by atoms with van der Waals surface area (Å²) in [5.74, 6) is -1.27. The van der Waals surface area contributed by atoms with Crippen LogP contribution in [-0.2, 0) is 51.2 Å². The highest BCUT2D eigenvalue weighted by molar-refractivity contribution is 5.90. The molecule has 10 nitrogen and oxygen atoms in total. The first-order valence-electron chi connectivity index (χ1n) is 19.2. The summed E-state index contributed by atoms with van der Waals surface area (Å²) in [6, 6.07) is 36.8. The van der Waals surface area contributed by atoms with Gasteiger partial charge in [-0.05, 0) is 55.2 Å². The van der Waals surface area contributed by atoms with E-state index in [2.05, 4.69) is 0 Å². The van der Waals surface area contributed by atoms with Gasteiger partial charge in [-0.25, -0.2) is 9.59 Å². The maximum Gasteiger partial charge on any atom is 0.338 e. The van der Waals surface area contributed by atoms with E-state index in [1.54, 1.807) is 48.5 Å². The van der Waals surface area contributed by atoms with E-state index < -0.39 is 42.6 Å². The summed E-state index contributed by atoms with van der Waals surface area (Å²) in [5.41, 5.74) is 2.58. The molecule has 292 valence electrons. The average Bonchev–Trinajstić information content (AvgIpc) is 3.23. The minimum absolute atomic E-state index is 0.149. The lowest BCUT2D eigenvalue weighted by Crippen LogP contribution is -2.62. The zero-order valence-corrected chi connectivity index (χ0v) is 31.5. The Balaban J connectivity index is 1.35. The molecule has 0 N–H and O–H groups in total. The molecule has 0 radical (unpaired) electrons. The van der Waals surface area contributed by atoms with Crippen LogP contribution < -0.4 is 0 Å². The Morgan fingerprint density at radius 2 is 1.05 bits per heavy atom. The molecule has 5 atom stereocenters. The largest absolute Gasteiger partial charge is 0.466 e. The lowest BCUT2D eigenvalue weighted by Gasteiger charge is -2.45. The summed E-state index contributed by atoms with van der Waals surface area (Å²) in [6.07, 6.45) is 1.22. The molecular weight excluding hydrogens is 700 g/mol. The first kappa shape index (κ1) is 41.3. The fraction of sp³-hybridized carbons (Fsp3) is 0.400. The van der Waals surface area contributed by atoms with Crippen molar-refractivity contribution in [2.45, 2.75) is 95.8 Å². The van der Waals surface area contributed by atoms with E-state index >= 15 is 0 Å². The Morgan fingerprint density at radius 1 is 0.545 bits per heavy atom. The van der Waals surface area contributed by atoms with Crippen molar-refractivity contribution < 1.29 is 47.5 Å². The molecule has 1 saturated heterocycles. The lowest BCUT2D eigenvalue weighted by atomic mass is 9.97. The highest BCUT2D eigenvalue weighted by Crippen LogP contribution is 2.32. The zero-order chi connectivity index (χ0) is 38.5. The van der Waals surface area contributed by atoms with Crippen molar-refractivity contribution >= 4 is 17.9 Å². The molecule has 1 aliphatic rings. The Kier molecular flexibility index (Phi) is 17.4. The fourth-order valence-corrected chi connectivity index (χ4v) is 6.28. The van der Waals surface area contributed by atoms with Crippen LogP contribution in [-0.4, -0.2) is 68.4 Å². The van der Waals surface area contributed by atoms with E-state index in [1.807, 2.05) is 79.7 Å². The quantitative estimate of drug-likeness (QED) is 0.0441. The number of benzene rings is 4. The van der Waals surface area contributed by atoms with Gasteiger partial charge in [-0.15, -0.1) is 0 Å². The highest BCUT2D eigenvalue weighted by atomic mass is 16.7. The van der Waals surface area contributed by atoms with Crippen molar-refractivity contribution in [3.63, 3.8) is 0 Å². The molecule has 0 bridgehead atoms. The molecule has 0 aliphatic carbocycles. The first-order valence-corrected chi connectivity index (χ1v) is 19.2. The molecule has 55 heavy (non-hydrogen) atoms. The van der Waals surface area contributed by atoms with Gasteiger partial charge in [0.1, 0.15) is 24.9 Å². The van der Waals surface area contributed by atoms with E-state index in [0.717, 1.165) is 49.7 Å². The molecule has 4 aromatic rings. The second kappa shape index (κ2) is 23.1. The maximum atomic E-state index is 13.7. The van der Waals surface area contributed by atoms with Gasteiger partial charge in [0.25, 0.3) is 0 Å². The van der Waals surface area contributed by atoms with Gasteiger partial charge in [-0.1, -0.05) is 123 Å². The minimum Gasteiger partial charge on any atom is -0.466 e. The summed E-state index contributed by atoms with van der Waals surface area (Å²) < 4.78 is 43.3. The molecule has 1 aliphatic heterocycles. The van der Waals surface area contributed by atoms with Gasteiger partial charge in [0.2, 0.25) is 0 Å². The van der Waals surface area contributed by atoms with Crippen molar-refractivity contribution in [2.75, 3.05) is 19.8 Å². The van der Waals surface area contributed by atoms with Gasteiger partial charge in [0.15, 0.2) is 12.4 Å². The number of rotatable bonds is 22. The van der Waals surface area contributed by atoms with Crippen LogP contribution in [0.3, 0.4) is 0 Å². The maximum absolute atomic E-state index is 13.7. The van der Waals surface area contributed by atoms with Gasteiger partial charge in [0, 0.05) is 13.0 Å². The molecule has 1 heterocycles. The fourth-order valence-electron chi connectivity index (χ4n) is 6.28. The summed E-state index contributed by atoms with van der Waals surface area (Å²) in [4.78, 5) is 38.4. The van der Waals surface area contributed by atoms with Crippen LogP contribution in [0.1, 0.15) is 83.7 Å². The van der Waals surface area contributed by atoms with Crippen LogP contribution in [0.5, 0.6) is 0 Å². The number of ether oxygens (including phenoxy) is 7. The van der Waals surface area contributed by atoms with Crippen LogP contribution in [0.15, 0.2) is 121 Å². The molecule has 4 aromatic carbocycles. The molecular formula is C45H52O10. The Morgan fingerprint density at radius 3 is 1.64 bits per heavy atom. The number of hydrogen-bond donors (Lipinski definition) is 0. The number of carbonyl (C=O) groups is 3. The Hall–Kier alpha value is -4.87. The second-order valence-electron chi connectivity index (χ2n) is 13.3. The molecule has 0 spiro atoms. The Labute approximate surface area is 324 Å². The van der Waals surface area contributed by atoms with Crippen LogP contribution in [0.4, 0.5) is 0 Å². The number of unbranched alkanes of at least 4 members (excludes halogenated alkanes) is 5. The number of esters is 3. The summed E-state index contributed by atoms with van der Waals surface area (Å²) >= 11 is 0. The van der Waals surface area contributed by atoms with Crippen LogP contribution in [0.25, 0.3) is 0 Å². The number of carbonyl (C=O) groups excluding carboxylic acids is 3. The van der Waals surface area contributed by atoms with E-state index in [0.29, 0.717) is 30.8 Å². The molecule has 0 amide bonds. The standard InChI is InChI=1S/C45H52O10/c1-2-49-39(46)29-19-5-3-4-6-20-30-50-45-42(52-32-35-23-13-8-14-24-35)41(51-31-34-21-11-7-12-22-34)40(55-44(48)37-27-17-10-18-28-37)38(54-45)33-53-43(47)36-25-15-9-16-26-36/h7-18,21-28,38,40-42,45H,2-6,19-20,29-33H2,1H3/t38-,40+,41+,42-,45-/m1/s1. The summed E-state index contributed by atoms with van der Waals surface area (Å²) in [6.45, 7) is 2.76. The predicted octanol–water partition coefficient (Wildman–Crippen LogP) is 8.28. The van der Waals surface area contributed by atoms with E-state index in [1.165, 1.54) is 0 Å². The van der Waals surface area contributed by atoms with Crippen LogP contribution in [0, 0.1) is 0 Å². The monoisotopic (exact) mass is 752 g/mol. The van der Waals surface area contributed by atoms with Crippen molar-refractivity contribution in [1.82, 2.24) is 0 Å². The van der Waals surface area contributed by atoms with Crippen LogP contribution >= 0.6 is 0 Å². The summed E-state index contributed by atoms with van der Waals surface area (Å²) in [7, 11) is 0. The third-order valence-electron chi connectivity index (χ3n) is 9.17. The van der Waals surface area contributed by atoms with Crippen molar-refractivity contribution in [3.8, 4) is 0 Å². The smallest absolute Gasteiger partial charge is 0.338 e. The van der Waals surface area contributed by atoms with E-state index in [9.17, 15) is 14.4 Å². The normalized spacial score (nSPS) is 19.3. The SMILES string of the molecule is CCOC(=O)CCCCCCCCO[C@@H]1O[C@H](COC(=O)c2ccccc2)[C@H](OC(=O)c2ccccc2)[C@H](OCc2ccccc2)[C@H]1OCc1ccccc1. The van der Waals surface area contributed by atoms with Crippen molar-refractivity contribution in [3.05, 3.63) is 144 Å².